The minimum absolute atomic E-state index is 0.0684. The summed E-state index contributed by atoms with van der Waals surface area (Å²) in [6.45, 7) is 7.49. The molecule has 0 atom stereocenters. The second kappa shape index (κ2) is 9.28. The highest BCUT2D eigenvalue weighted by molar-refractivity contribution is 5.92. The summed E-state index contributed by atoms with van der Waals surface area (Å²) in [6.07, 6.45) is 0. The molecule has 1 fully saturated rings. The molecule has 1 saturated heterocycles. The Hall–Kier alpha value is -2.73. The largest absolute Gasteiger partial charge is 0.493 e. The normalized spacial score (nSPS) is 14.7. The monoisotopic (exact) mass is 369 g/mol. The van der Waals surface area contributed by atoms with Gasteiger partial charge in [0.2, 0.25) is 0 Å². The molecular formula is C21H27N3O3. The molecule has 1 amide bonds. The van der Waals surface area contributed by atoms with Gasteiger partial charge < -0.3 is 24.6 Å². The molecule has 1 heterocycles. The molecular weight excluding hydrogens is 342 g/mol. The van der Waals surface area contributed by atoms with Gasteiger partial charge in [-0.1, -0.05) is 19.1 Å². The van der Waals surface area contributed by atoms with Crippen LogP contribution in [0.4, 0.5) is 11.4 Å². The third kappa shape index (κ3) is 5.14. The van der Waals surface area contributed by atoms with E-state index >= 15 is 0 Å². The lowest BCUT2D eigenvalue weighted by atomic mass is 10.2. The third-order valence-electron chi connectivity index (χ3n) is 4.76. The lowest BCUT2D eigenvalue weighted by Crippen LogP contribution is -2.46. The Balaban J connectivity index is 1.50. The van der Waals surface area contributed by atoms with Crippen LogP contribution >= 0.6 is 0 Å². The van der Waals surface area contributed by atoms with E-state index in [9.17, 15) is 4.79 Å². The van der Waals surface area contributed by atoms with Gasteiger partial charge in [0.15, 0.2) is 18.1 Å². The van der Waals surface area contributed by atoms with E-state index in [1.807, 2.05) is 24.3 Å². The van der Waals surface area contributed by atoms with Crippen LogP contribution < -0.4 is 19.7 Å². The Labute approximate surface area is 160 Å². The highest BCUT2D eigenvalue weighted by atomic mass is 16.5. The number of likely N-dealkylation sites (N-methyl/N-ethyl adjacent to an activating group) is 1. The van der Waals surface area contributed by atoms with Crippen molar-refractivity contribution in [2.45, 2.75) is 6.92 Å². The summed E-state index contributed by atoms with van der Waals surface area (Å²) >= 11 is 0. The van der Waals surface area contributed by atoms with Crippen LogP contribution in [0.1, 0.15) is 6.92 Å². The molecule has 0 saturated carbocycles. The number of ether oxygens (including phenoxy) is 2. The summed E-state index contributed by atoms with van der Waals surface area (Å²) in [4.78, 5) is 17.0. The molecule has 0 unspecified atom stereocenters. The zero-order valence-corrected chi connectivity index (χ0v) is 16.0. The number of carbonyl (C=O) groups excluding carboxylic acids is 1. The quantitative estimate of drug-likeness (QED) is 0.813. The highest BCUT2D eigenvalue weighted by Crippen LogP contribution is 2.25. The predicted octanol–water partition coefficient (Wildman–Crippen LogP) is 2.85. The van der Waals surface area contributed by atoms with E-state index in [0.717, 1.165) is 38.4 Å². The Kier molecular flexibility index (Phi) is 6.54. The van der Waals surface area contributed by atoms with Crippen LogP contribution in [0.3, 0.4) is 0 Å². The number of hydrogen-bond acceptors (Lipinski definition) is 5. The highest BCUT2D eigenvalue weighted by Gasteiger charge is 2.15. The van der Waals surface area contributed by atoms with Crippen molar-refractivity contribution in [1.29, 1.82) is 0 Å². The summed E-state index contributed by atoms with van der Waals surface area (Å²) in [5.74, 6) is 0.958. The van der Waals surface area contributed by atoms with E-state index < -0.39 is 0 Å². The van der Waals surface area contributed by atoms with E-state index in [2.05, 4.69) is 34.2 Å². The van der Waals surface area contributed by atoms with Crippen molar-refractivity contribution in [3.8, 4) is 11.5 Å². The van der Waals surface area contributed by atoms with E-state index in [1.165, 1.54) is 5.69 Å². The van der Waals surface area contributed by atoms with Gasteiger partial charge in [-0.2, -0.15) is 0 Å². The maximum absolute atomic E-state index is 12.1. The topological polar surface area (TPSA) is 54.0 Å². The summed E-state index contributed by atoms with van der Waals surface area (Å²) in [5, 5.41) is 2.86. The molecule has 2 aromatic rings. The number of carbonyl (C=O) groups is 1. The smallest absolute Gasteiger partial charge is 0.262 e. The number of hydrogen-bond donors (Lipinski definition) is 1. The van der Waals surface area contributed by atoms with Crippen LogP contribution in [0.2, 0.25) is 0 Å². The molecule has 0 radical (unpaired) electrons. The van der Waals surface area contributed by atoms with Crippen LogP contribution in [0.25, 0.3) is 0 Å². The molecule has 2 aromatic carbocycles. The zero-order valence-electron chi connectivity index (χ0n) is 16.0. The fraction of sp³-hybridized carbons (Fsp3) is 0.381. The zero-order chi connectivity index (χ0) is 19.1. The van der Waals surface area contributed by atoms with Crippen LogP contribution in [-0.2, 0) is 4.79 Å². The summed E-state index contributed by atoms with van der Waals surface area (Å²) < 4.78 is 10.8. The lowest BCUT2D eigenvalue weighted by Gasteiger charge is -2.35. The fourth-order valence-corrected chi connectivity index (χ4v) is 3.16. The van der Waals surface area contributed by atoms with E-state index in [4.69, 9.17) is 9.47 Å². The van der Waals surface area contributed by atoms with Crippen molar-refractivity contribution < 1.29 is 14.3 Å². The number of nitrogens with zero attached hydrogens (tertiary/aromatic N) is 2. The molecule has 3 rings (SSSR count). The average molecular weight is 369 g/mol. The molecule has 1 aliphatic rings. The summed E-state index contributed by atoms with van der Waals surface area (Å²) in [7, 11) is 1.58. The Morgan fingerprint density at radius 3 is 2.30 bits per heavy atom. The van der Waals surface area contributed by atoms with Crippen molar-refractivity contribution in [1.82, 2.24) is 4.90 Å². The standard InChI is InChI=1S/C21H27N3O3/c1-3-23-12-14-24(15-13-23)18-10-8-17(9-11-18)22-21(25)16-27-20-7-5-4-6-19(20)26-2/h4-11H,3,12-16H2,1-2H3,(H,22,25). The second-order valence-corrected chi connectivity index (χ2v) is 6.46. The molecule has 1 N–H and O–H groups in total. The number of piperazine rings is 1. The predicted molar refractivity (Wildman–Crippen MR) is 108 cm³/mol. The second-order valence-electron chi connectivity index (χ2n) is 6.46. The van der Waals surface area contributed by atoms with E-state index in [1.54, 1.807) is 19.2 Å². The first kappa shape index (κ1) is 19.0. The van der Waals surface area contributed by atoms with Crippen LogP contribution in [0.5, 0.6) is 11.5 Å². The third-order valence-corrected chi connectivity index (χ3v) is 4.76. The van der Waals surface area contributed by atoms with E-state index in [0.29, 0.717) is 11.5 Å². The van der Waals surface area contributed by atoms with Gasteiger partial charge in [0.25, 0.3) is 5.91 Å². The average Bonchev–Trinajstić information content (AvgIpc) is 2.73. The summed E-state index contributed by atoms with van der Waals surface area (Å²) in [5.41, 5.74) is 1.95. The first-order valence-corrected chi connectivity index (χ1v) is 9.32. The van der Waals surface area contributed by atoms with Gasteiger partial charge in [-0.3, -0.25) is 4.79 Å². The molecule has 6 heteroatoms. The molecule has 1 aliphatic heterocycles. The van der Waals surface area contributed by atoms with Gasteiger partial charge in [-0.15, -0.1) is 0 Å². The fourth-order valence-electron chi connectivity index (χ4n) is 3.16. The first-order valence-electron chi connectivity index (χ1n) is 9.32. The number of nitrogens with one attached hydrogen (secondary N) is 1. The molecule has 0 aromatic heterocycles. The molecule has 0 bridgehead atoms. The van der Waals surface area contributed by atoms with Gasteiger partial charge in [0.1, 0.15) is 0 Å². The van der Waals surface area contributed by atoms with Gasteiger partial charge in [0, 0.05) is 37.6 Å². The molecule has 144 valence electrons. The molecule has 0 aliphatic carbocycles. The van der Waals surface area contributed by atoms with Crippen molar-refractivity contribution in [3.63, 3.8) is 0 Å². The minimum Gasteiger partial charge on any atom is -0.493 e. The maximum atomic E-state index is 12.1. The number of anilines is 2. The maximum Gasteiger partial charge on any atom is 0.262 e. The number of para-hydroxylation sites is 2. The number of benzene rings is 2. The van der Waals surface area contributed by atoms with Gasteiger partial charge in [-0.25, -0.2) is 0 Å². The first-order chi connectivity index (χ1) is 13.2. The van der Waals surface area contributed by atoms with Crippen LogP contribution in [0, 0.1) is 0 Å². The number of methoxy groups -OCH3 is 1. The Bertz CT molecular complexity index is 741. The number of rotatable bonds is 7. The van der Waals surface area contributed by atoms with Crippen LogP contribution in [0.15, 0.2) is 48.5 Å². The van der Waals surface area contributed by atoms with Crippen molar-refractivity contribution in [3.05, 3.63) is 48.5 Å². The SMILES string of the molecule is CCN1CCN(c2ccc(NC(=O)COc3ccccc3OC)cc2)CC1. The molecule has 6 nitrogen and oxygen atoms in total. The molecule has 27 heavy (non-hydrogen) atoms. The van der Waals surface area contributed by atoms with Crippen LogP contribution in [-0.4, -0.2) is 57.2 Å². The Morgan fingerprint density at radius 2 is 1.67 bits per heavy atom. The molecule has 0 spiro atoms. The minimum atomic E-state index is -0.204. The summed E-state index contributed by atoms with van der Waals surface area (Å²) in [6, 6.07) is 15.2. The number of amides is 1. The van der Waals surface area contributed by atoms with E-state index in [-0.39, 0.29) is 12.5 Å². The van der Waals surface area contributed by atoms with Gasteiger partial charge in [0.05, 0.1) is 7.11 Å². The lowest BCUT2D eigenvalue weighted by molar-refractivity contribution is -0.118. The van der Waals surface area contributed by atoms with Crippen molar-refractivity contribution in [2.75, 3.05) is 56.7 Å². The Morgan fingerprint density at radius 1 is 1.00 bits per heavy atom. The van der Waals surface area contributed by atoms with Gasteiger partial charge in [-0.05, 0) is 42.9 Å². The van der Waals surface area contributed by atoms with Crippen molar-refractivity contribution >= 4 is 17.3 Å². The van der Waals surface area contributed by atoms with Gasteiger partial charge >= 0.3 is 0 Å². The van der Waals surface area contributed by atoms with Crippen molar-refractivity contribution in [2.24, 2.45) is 0 Å².